The van der Waals surface area contributed by atoms with Gasteiger partial charge in [-0.05, 0) is 24.0 Å². The molecule has 0 fully saturated rings. The van der Waals surface area contributed by atoms with E-state index in [-0.39, 0.29) is 0 Å². The molecule has 0 atom stereocenters. The molecule has 0 saturated heterocycles. The van der Waals surface area contributed by atoms with E-state index in [4.69, 9.17) is 11.6 Å². The lowest BCUT2D eigenvalue weighted by atomic mass is 9.83. The zero-order valence-electron chi connectivity index (χ0n) is 9.29. The molecule has 14 heavy (non-hydrogen) atoms. The Kier molecular flexibility index (Phi) is 3.94. The summed E-state index contributed by atoms with van der Waals surface area (Å²) in [5, 5.41) is 0.792. The van der Waals surface area contributed by atoms with Crippen LogP contribution < -0.4 is 0 Å². The standard InChI is InChI=1S/C12H18ClN/c1-8(2)11(9(3)4)12-10(13)6-5-7-14-12/h5-9,11H,1-4H3. The number of hydrogen-bond acceptors (Lipinski definition) is 1. The SMILES string of the molecule is CC(C)C(c1ncccc1Cl)C(C)C. The van der Waals surface area contributed by atoms with Gasteiger partial charge in [0, 0.05) is 12.1 Å². The van der Waals surface area contributed by atoms with Crippen LogP contribution in [0.1, 0.15) is 39.3 Å². The van der Waals surface area contributed by atoms with Crippen LogP contribution in [-0.4, -0.2) is 4.98 Å². The Hall–Kier alpha value is -0.560. The second-order valence-corrected chi connectivity index (χ2v) is 4.79. The quantitative estimate of drug-likeness (QED) is 0.733. The molecule has 0 amide bonds. The first-order valence-electron chi connectivity index (χ1n) is 5.14. The van der Waals surface area contributed by atoms with E-state index in [0.717, 1.165) is 10.7 Å². The summed E-state index contributed by atoms with van der Waals surface area (Å²) in [5.41, 5.74) is 1.04. The van der Waals surface area contributed by atoms with E-state index in [0.29, 0.717) is 17.8 Å². The van der Waals surface area contributed by atoms with Crippen molar-refractivity contribution in [2.75, 3.05) is 0 Å². The zero-order chi connectivity index (χ0) is 10.7. The molecule has 78 valence electrons. The Balaban J connectivity index is 3.05. The normalized spacial score (nSPS) is 11.7. The van der Waals surface area contributed by atoms with Gasteiger partial charge >= 0.3 is 0 Å². The lowest BCUT2D eigenvalue weighted by Gasteiger charge is -2.24. The van der Waals surface area contributed by atoms with E-state index in [1.165, 1.54) is 0 Å². The fraction of sp³-hybridized carbons (Fsp3) is 0.583. The Morgan fingerprint density at radius 3 is 2.14 bits per heavy atom. The second-order valence-electron chi connectivity index (χ2n) is 4.38. The lowest BCUT2D eigenvalue weighted by molar-refractivity contribution is 0.380. The highest BCUT2D eigenvalue weighted by Gasteiger charge is 2.22. The third-order valence-corrected chi connectivity index (χ3v) is 2.86. The topological polar surface area (TPSA) is 12.9 Å². The Bertz CT molecular complexity index is 286. The number of aromatic nitrogens is 1. The van der Waals surface area contributed by atoms with Crippen LogP contribution in [0.15, 0.2) is 18.3 Å². The van der Waals surface area contributed by atoms with E-state index in [1.54, 1.807) is 0 Å². The van der Waals surface area contributed by atoms with Crippen LogP contribution in [0.5, 0.6) is 0 Å². The van der Waals surface area contributed by atoms with Crippen LogP contribution in [0.3, 0.4) is 0 Å². The highest BCUT2D eigenvalue weighted by atomic mass is 35.5. The molecule has 0 unspecified atom stereocenters. The number of rotatable bonds is 3. The maximum Gasteiger partial charge on any atom is 0.0625 e. The molecular weight excluding hydrogens is 194 g/mol. The maximum atomic E-state index is 6.14. The molecule has 1 nitrogen and oxygen atoms in total. The summed E-state index contributed by atoms with van der Waals surface area (Å²) in [5.74, 6) is 1.59. The molecule has 0 aromatic carbocycles. The molecule has 1 heterocycles. The minimum absolute atomic E-state index is 0.448. The van der Waals surface area contributed by atoms with E-state index in [9.17, 15) is 0 Å². The molecule has 0 aliphatic rings. The van der Waals surface area contributed by atoms with Crippen molar-refractivity contribution in [2.45, 2.75) is 33.6 Å². The van der Waals surface area contributed by atoms with Crippen molar-refractivity contribution < 1.29 is 0 Å². The number of hydrogen-bond donors (Lipinski definition) is 0. The molecule has 0 spiro atoms. The highest BCUT2D eigenvalue weighted by Crippen LogP contribution is 2.34. The molecule has 0 radical (unpaired) electrons. The van der Waals surface area contributed by atoms with E-state index >= 15 is 0 Å². The van der Waals surface area contributed by atoms with Gasteiger partial charge in [-0.15, -0.1) is 0 Å². The minimum Gasteiger partial charge on any atom is -0.259 e. The van der Waals surface area contributed by atoms with Gasteiger partial charge in [-0.3, -0.25) is 4.98 Å². The third-order valence-electron chi connectivity index (χ3n) is 2.54. The molecule has 1 rings (SSSR count). The monoisotopic (exact) mass is 211 g/mol. The second kappa shape index (κ2) is 4.79. The molecule has 2 heteroatoms. The van der Waals surface area contributed by atoms with Crippen LogP contribution in [-0.2, 0) is 0 Å². The van der Waals surface area contributed by atoms with Gasteiger partial charge in [-0.25, -0.2) is 0 Å². The Morgan fingerprint density at radius 2 is 1.71 bits per heavy atom. The average molecular weight is 212 g/mol. The van der Waals surface area contributed by atoms with E-state index in [2.05, 4.69) is 32.7 Å². The summed E-state index contributed by atoms with van der Waals surface area (Å²) in [4.78, 5) is 4.39. The number of halogens is 1. The van der Waals surface area contributed by atoms with Crippen molar-refractivity contribution in [2.24, 2.45) is 11.8 Å². The fourth-order valence-corrected chi connectivity index (χ4v) is 2.29. The molecule has 1 aromatic heterocycles. The Morgan fingerprint density at radius 1 is 1.14 bits per heavy atom. The minimum atomic E-state index is 0.448. The number of nitrogens with zero attached hydrogens (tertiary/aromatic N) is 1. The average Bonchev–Trinajstić information content (AvgIpc) is 2.07. The van der Waals surface area contributed by atoms with Crippen molar-refractivity contribution in [1.82, 2.24) is 4.98 Å². The van der Waals surface area contributed by atoms with Crippen molar-refractivity contribution >= 4 is 11.6 Å². The van der Waals surface area contributed by atoms with Gasteiger partial charge in [0.15, 0.2) is 0 Å². The summed E-state index contributed by atoms with van der Waals surface area (Å²) in [7, 11) is 0. The summed E-state index contributed by atoms with van der Waals surface area (Å²) in [6.07, 6.45) is 1.82. The summed E-state index contributed by atoms with van der Waals surface area (Å²) < 4.78 is 0. The van der Waals surface area contributed by atoms with Crippen molar-refractivity contribution in [3.63, 3.8) is 0 Å². The maximum absolute atomic E-state index is 6.14. The number of pyridine rings is 1. The molecule has 0 N–H and O–H groups in total. The van der Waals surface area contributed by atoms with Gasteiger partial charge < -0.3 is 0 Å². The molecule has 0 aliphatic carbocycles. The summed E-state index contributed by atoms with van der Waals surface area (Å²) in [6, 6.07) is 3.80. The van der Waals surface area contributed by atoms with Gasteiger partial charge in [0.1, 0.15) is 0 Å². The van der Waals surface area contributed by atoms with E-state index in [1.807, 2.05) is 18.3 Å². The third kappa shape index (κ3) is 2.48. The van der Waals surface area contributed by atoms with Gasteiger partial charge in [-0.1, -0.05) is 39.3 Å². The smallest absolute Gasteiger partial charge is 0.0625 e. The first-order chi connectivity index (χ1) is 6.54. The van der Waals surface area contributed by atoms with Crippen LogP contribution >= 0.6 is 11.6 Å². The van der Waals surface area contributed by atoms with Gasteiger partial charge in [0.2, 0.25) is 0 Å². The lowest BCUT2D eigenvalue weighted by Crippen LogP contribution is -2.15. The molecular formula is C12H18ClN. The molecule has 0 aliphatic heterocycles. The fourth-order valence-electron chi connectivity index (χ4n) is 2.04. The predicted octanol–water partition coefficient (Wildman–Crippen LogP) is 4.13. The van der Waals surface area contributed by atoms with Crippen LogP contribution in [0.25, 0.3) is 0 Å². The summed E-state index contributed by atoms with van der Waals surface area (Å²) in [6.45, 7) is 8.87. The zero-order valence-corrected chi connectivity index (χ0v) is 10.0. The largest absolute Gasteiger partial charge is 0.259 e. The highest BCUT2D eigenvalue weighted by molar-refractivity contribution is 6.31. The summed E-state index contributed by atoms with van der Waals surface area (Å²) >= 11 is 6.14. The predicted molar refractivity (Wildman–Crippen MR) is 61.7 cm³/mol. The van der Waals surface area contributed by atoms with Gasteiger partial charge in [0.25, 0.3) is 0 Å². The Labute approximate surface area is 91.5 Å². The first-order valence-corrected chi connectivity index (χ1v) is 5.52. The van der Waals surface area contributed by atoms with Gasteiger partial charge in [0.05, 0.1) is 10.7 Å². The van der Waals surface area contributed by atoms with Crippen molar-refractivity contribution in [1.29, 1.82) is 0 Å². The molecule has 1 aromatic rings. The van der Waals surface area contributed by atoms with Crippen LogP contribution in [0.4, 0.5) is 0 Å². The first kappa shape index (κ1) is 11.5. The van der Waals surface area contributed by atoms with Crippen LogP contribution in [0, 0.1) is 11.8 Å². The van der Waals surface area contributed by atoms with E-state index < -0.39 is 0 Å². The van der Waals surface area contributed by atoms with Crippen molar-refractivity contribution in [3.8, 4) is 0 Å². The molecule has 0 saturated carbocycles. The molecule has 0 bridgehead atoms. The van der Waals surface area contributed by atoms with Crippen molar-refractivity contribution in [3.05, 3.63) is 29.0 Å². The van der Waals surface area contributed by atoms with Gasteiger partial charge in [-0.2, -0.15) is 0 Å². The van der Waals surface area contributed by atoms with Crippen LogP contribution in [0.2, 0.25) is 5.02 Å².